The van der Waals surface area contributed by atoms with E-state index in [9.17, 15) is 4.79 Å². The van der Waals surface area contributed by atoms with Gasteiger partial charge in [-0.15, -0.1) is 10.2 Å². The molecule has 3 rings (SSSR count). The molecule has 0 aliphatic carbocycles. The molecule has 0 unspecified atom stereocenters. The Bertz CT molecular complexity index is 711. The quantitative estimate of drug-likeness (QED) is 0.787. The van der Waals surface area contributed by atoms with Crippen LogP contribution in [0.3, 0.4) is 0 Å². The molecule has 3 aromatic rings. The third-order valence-electron chi connectivity index (χ3n) is 2.62. The van der Waals surface area contributed by atoms with Gasteiger partial charge < -0.3 is 9.73 Å². The molecule has 0 atom stereocenters. The van der Waals surface area contributed by atoms with E-state index in [-0.39, 0.29) is 5.91 Å². The Hall–Kier alpha value is -3.02. The molecule has 2 aromatic heterocycles. The van der Waals surface area contributed by atoms with Crippen molar-refractivity contribution in [2.24, 2.45) is 0 Å². The van der Waals surface area contributed by atoms with Gasteiger partial charge in [0.15, 0.2) is 0 Å². The highest BCUT2D eigenvalue weighted by Crippen LogP contribution is 2.20. The highest BCUT2D eigenvalue weighted by Gasteiger charge is 2.08. The summed E-state index contributed by atoms with van der Waals surface area (Å²) in [7, 11) is 0. The summed E-state index contributed by atoms with van der Waals surface area (Å²) in [4.78, 5) is 16.0. The summed E-state index contributed by atoms with van der Waals surface area (Å²) in [5.41, 5.74) is 1.73. The van der Waals surface area contributed by atoms with Crippen LogP contribution in [-0.2, 0) is 0 Å². The van der Waals surface area contributed by atoms with Gasteiger partial charge in [0.05, 0.1) is 0 Å². The van der Waals surface area contributed by atoms with Crippen molar-refractivity contribution in [2.45, 2.75) is 0 Å². The first-order valence-electron chi connectivity index (χ1n) is 5.92. The lowest BCUT2D eigenvalue weighted by Gasteiger charge is -2.05. The largest absolute Gasteiger partial charge is 0.423 e. The number of aromatic nitrogens is 3. The third kappa shape index (κ3) is 2.54. The van der Waals surface area contributed by atoms with Crippen molar-refractivity contribution < 1.29 is 9.21 Å². The molecule has 20 heavy (non-hydrogen) atoms. The highest BCUT2D eigenvalue weighted by atomic mass is 16.4. The van der Waals surface area contributed by atoms with Crippen LogP contribution in [0.1, 0.15) is 10.5 Å². The maximum Gasteiger partial charge on any atom is 0.274 e. The summed E-state index contributed by atoms with van der Waals surface area (Å²) in [6.45, 7) is 0. The number of rotatable bonds is 3. The lowest BCUT2D eigenvalue weighted by molar-refractivity contribution is 0.102. The second kappa shape index (κ2) is 5.31. The van der Waals surface area contributed by atoms with Crippen LogP contribution in [0.4, 0.5) is 5.69 Å². The molecule has 6 heteroatoms. The Morgan fingerprint density at radius 3 is 2.85 bits per heavy atom. The molecule has 2 heterocycles. The minimum Gasteiger partial charge on any atom is -0.423 e. The summed E-state index contributed by atoms with van der Waals surface area (Å²) in [5.74, 6) is 0.132. The zero-order valence-electron chi connectivity index (χ0n) is 10.4. The first-order chi connectivity index (χ1) is 9.83. The number of hydrogen-bond donors (Lipinski definition) is 1. The summed E-state index contributed by atoms with van der Waals surface area (Å²) in [5, 5.41) is 10.2. The van der Waals surface area contributed by atoms with Crippen molar-refractivity contribution in [1.82, 2.24) is 15.2 Å². The molecule has 6 nitrogen and oxygen atoms in total. The molecule has 0 saturated carbocycles. The van der Waals surface area contributed by atoms with Gasteiger partial charge in [0.2, 0.25) is 12.3 Å². The zero-order chi connectivity index (χ0) is 13.8. The van der Waals surface area contributed by atoms with Crippen molar-refractivity contribution in [1.29, 1.82) is 0 Å². The SMILES string of the molecule is O=C(Nc1cccc(-c2nnco2)c1)c1ccccn1. The fourth-order valence-corrected chi connectivity index (χ4v) is 1.72. The van der Waals surface area contributed by atoms with Crippen LogP contribution in [0.15, 0.2) is 59.5 Å². The fraction of sp³-hybridized carbons (Fsp3) is 0. The fourth-order valence-electron chi connectivity index (χ4n) is 1.72. The molecule has 0 saturated heterocycles. The second-order valence-corrected chi connectivity index (χ2v) is 3.99. The number of nitrogens with one attached hydrogen (secondary N) is 1. The lowest BCUT2D eigenvalue weighted by Crippen LogP contribution is -2.13. The smallest absolute Gasteiger partial charge is 0.274 e. The minimum atomic E-state index is -0.270. The van der Waals surface area contributed by atoms with Gasteiger partial charge in [-0.3, -0.25) is 9.78 Å². The summed E-state index contributed by atoms with van der Waals surface area (Å²) >= 11 is 0. The normalized spacial score (nSPS) is 10.2. The summed E-state index contributed by atoms with van der Waals surface area (Å²) < 4.78 is 5.12. The van der Waals surface area contributed by atoms with Gasteiger partial charge in [-0.25, -0.2) is 0 Å². The van der Waals surface area contributed by atoms with E-state index in [1.165, 1.54) is 6.39 Å². The topological polar surface area (TPSA) is 80.9 Å². The van der Waals surface area contributed by atoms with Crippen LogP contribution in [0.25, 0.3) is 11.5 Å². The van der Waals surface area contributed by atoms with E-state index in [2.05, 4.69) is 20.5 Å². The van der Waals surface area contributed by atoms with E-state index >= 15 is 0 Å². The number of pyridine rings is 1. The van der Waals surface area contributed by atoms with Crippen LogP contribution in [0.5, 0.6) is 0 Å². The predicted octanol–water partition coefficient (Wildman–Crippen LogP) is 2.38. The number of carbonyl (C=O) groups is 1. The van der Waals surface area contributed by atoms with Crippen molar-refractivity contribution in [3.05, 3.63) is 60.7 Å². The molecule has 0 spiro atoms. The molecular formula is C14H10N4O2. The van der Waals surface area contributed by atoms with E-state index in [0.717, 1.165) is 5.56 Å². The predicted molar refractivity (Wildman–Crippen MR) is 71.9 cm³/mol. The van der Waals surface area contributed by atoms with Crippen molar-refractivity contribution in [3.8, 4) is 11.5 Å². The van der Waals surface area contributed by atoms with Gasteiger partial charge >= 0.3 is 0 Å². The average molecular weight is 266 g/mol. The summed E-state index contributed by atoms with van der Waals surface area (Å²) in [6.07, 6.45) is 2.83. The van der Waals surface area contributed by atoms with Crippen LogP contribution < -0.4 is 5.32 Å². The van der Waals surface area contributed by atoms with E-state index < -0.39 is 0 Å². The first-order valence-corrected chi connectivity index (χ1v) is 5.92. The van der Waals surface area contributed by atoms with E-state index in [1.54, 1.807) is 42.6 Å². The number of hydrogen-bond acceptors (Lipinski definition) is 5. The average Bonchev–Trinajstić information content (AvgIpc) is 3.03. The molecule has 0 bridgehead atoms. The molecule has 1 amide bonds. The van der Waals surface area contributed by atoms with Crippen LogP contribution >= 0.6 is 0 Å². The summed E-state index contributed by atoms with van der Waals surface area (Å²) in [6, 6.07) is 12.3. The molecule has 98 valence electrons. The second-order valence-electron chi connectivity index (χ2n) is 3.99. The van der Waals surface area contributed by atoms with Gasteiger partial charge in [0.25, 0.3) is 5.91 Å². The van der Waals surface area contributed by atoms with E-state index in [1.807, 2.05) is 6.07 Å². The van der Waals surface area contributed by atoms with Gasteiger partial charge in [0.1, 0.15) is 5.69 Å². The van der Waals surface area contributed by atoms with Crippen LogP contribution in [0, 0.1) is 0 Å². The standard InChI is InChI=1S/C14H10N4O2/c19-13(12-6-1-2-7-15-12)17-11-5-3-4-10(8-11)14-18-16-9-20-14/h1-9H,(H,17,19). The Labute approximate surface area is 114 Å². The number of benzene rings is 1. The lowest BCUT2D eigenvalue weighted by atomic mass is 10.2. The molecule has 1 aromatic carbocycles. The Morgan fingerprint density at radius 1 is 1.15 bits per heavy atom. The maximum atomic E-state index is 12.0. The number of carbonyl (C=O) groups excluding carboxylic acids is 1. The maximum absolute atomic E-state index is 12.0. The molecule has 0 radical (unpaired) electrons. The Morgan fingerprint density at radius 2 is 2.10 bits per heavy atom. The number of amides is 1. The molecule has 0 fully saturated rings. The van der Waals surface area contributed by atoms with Gasteiger partial charge in [-0.1, -0.05) is 12.1 Å². The van der Waals surface area contributed by atoms with E-state index in [4.69, 9.17) is 4.42 Å². The molecular weight excluding hydrogens is 256 g/mol. The van der Waals surface area contributed by atoms with Gasteiger partial charge in [-0.2, -0.15) is 0 Å². The zero-order valence-corrected chi connectivity index (χ0v) is 10.4. The molecule has 0 aliphatic heterocycles. The molecule has 0 aliphatic rings. The third-order valence-corrected chi connectivity index (χ3v) is 2.62. The van der Waals surface area contributed by atoms with Crippen LogP contribution in [0.2, 0.25) is 0 Å². The van der Waals surface area contributed by atoms with Crippen molar-refractivity contribution in [3.63, 3.8) is 0 Å². The van der Waals surface area contributed by atoms with Gasteiger partial charge in [0, 0.05) is 17.4 Å². The van der Waals surface area contributed by atoms with Crippen molar-refractivity contribution in [2.75, 3.05) is 5.32 Å². The number of nitrogens with zero attached hydrogens (tertiary/aromatic N) is 3. The minimum absolute atomic E-state index is 0.270. The van der Waals surface area contributed by atoms with E-state index in [0.29, 0.717) is 17.3 Å². The van der Waals surface area contributed by atoms with Crippen LogP contribution in [-0.4, -0.2) is 21.1 Å². The van der Waals surface area contributed by atoms with Crippen molar-refractivity contribution >= 4 is 11.6 Å². The molecule has 1 N–H and O–H groups in total. The first kappa shape index (κ1) is 12.0. The Kier molecular flexibility index (Phi) is 3.20. The van der Waals surface area contributed by atoms with Gasteiger partial charge in [-0.05, 0) is 30.3 Å². The monoisotopic (exact) mass is 266 g/mol. The highest BCUT2D eigenvalue weighted by molar-refractivity contribution is 6.03. The number of anilines is 1. The Balaban J connectivity index is 1.82.